The number of rotatable bonds is 4. The number of ketones is 1. The van der Waals surface area contributed by atoms with Gasteiger partial charge >= 0.3 is 0 Å². The molecule has 5 atom stereocenters. The Bertz CT molecular complexity index is 923. The van der Waals surface area contributed by atoms with Gasteiger partial charge in [-0.15, -0.1) is 0 Å². The van der Waals surface area contributed by atoms with E-state index in [9.17, 15) is 14.0 Å². The number of allylic oxidation sites excluding steroid dienone is 1. The molecule has 1 N–H and O–H groups in total. The van der Waals surface area contributed by atoms with Crippen LogP contribution in [0.5, 0.6) is 0 Å². The molecular weight excluding hydrogens is 365 g/mol. The number of nitrogens with one attached hydrogen (secondary N) is 1. The molecule has 0 radical (unpaired) electrons. The lowest BCUT2D eigenvalue weighted by Gasteiger charge is -2.46. The van der Waals surface area contributed by atoms with Crippen molar-refractivity contribution in [2.24, 2.45) is 17.8 Å². The predicted molar refractivity (Wildman–Crippen MR) is 112 cm³/mol. The Morgan fingerprint density at radius 3 is 2.55 bits per heavy atom. The average Bonchev–Trinajstić information content (AvgIpc) is 2.73. The van der Waals surface area contributed by atoms with E-state index in [1.54, 1.807) is 18.2 Å². The fourth-order valence-corrected chi connectivity index (χ4v) is 4.99. The minimum Gasteiger partial charge on any atom is -0.352 e. The molecule has 0 aromatic heterocycles. The Kier molecular flexibility index (Phi) is 5.61. The van der Waals surface area contributed by atoms with Gasteiger partial charge in [-0.25, -0.2) is 4.39 Å². The summed E-state index contributed by atoms with van der Waals surface area (Å²) >= 11 is 0. The summed E-state index contributed by atoms with van der Waals surface area (Å²) in [6, 6.07) is 16.3. The summed E-state index contributed by atoms with van der Waals surface area (Å²) in [5.41, 5.74) is 1.38. The number of benzene rings is 2. The molecule has 1 heterocycles. The first-order chi connectivity index (χ1) is 14.0. The van der Waals surface area contributed by atoms with Crippen molar-refractivity contribution in [1.29, 1.82) is 0 Å². The van der Waals surface area contributed by atoms with Crippen LogP contribution in [0.25, 0.3) is 6.08 Å². The van der Waals surface area contributed by atoms with Crippen LogP contribution in [-0.4, -0.2) is 17.7 Å². The number of fused-ring (bicyclic) bond motifs is 1. The summed E-state index contributed by atoms with van der Waals surface area (Å²) < 4.78 is 13.9. The molecule has 1 saturated carbocycles. The first-order valence-electron chi connectivity index (χ1n) is 10.4. The van der Waals surface area contributed by atoms with E-state index in [0.29, 0.717) is 11.5 Å². The van der Waals surface area contributed by atoms with Gasteiger partial charge in [0.1, 0.15) is 11.7 Å². The number of piperidine rings is 1. The van der Waals surface area contributed by atoms with E-state index >= 15 is 0 Å². The van der Waals surface area contributed by atoms with E-state index in [0.717, 1.165) is 24.8 Å². The number of carbonyl (C=O) groups is 2. The van der Waals surface area contributed by atoms with E-state index in [4.69, 9.17) is 0 Å². The maximum atomic E-state index is 13.9. The minimum absolute atomic E-state index is 0.114. The Labute approximate surface area is 171 Å². The molecule has 29 heavy (non-hydrogen) atoms. The minimum atomic E-state index is -0.785. The second-order valence-electron chi connectivity index (χ2n) is 8.37. The van der Waals surface area contributed by atoms with Gasteiger partial charge in [0.2, 0.25) is 5.91 Å². The molecule has 2 aliphatic rings. The van der Waals surface area contributed by atoms with Crippen LogP contribution < -0.4 is 5.32 Å². The van der Waals surface area contributed by atoms with Crippen LogP contribution in [0.3, 0.4) is 0 Å². The summed E-state index contributed by atoms with van der Waals surface area (Å²) in [5.74, 6) is -1.00. The molecule has 0 spiro atoms. The maximum Gasteiger partial charge on any atom is 0.231 e. The van der Waals surface area contributed by atoms with Crippen LogP contribution in [0.4, 0.5) is 4.39 Å². The molecule has 0 bridgehead atoms. The Hall–Kier alpha value is -2.75. The Morgan fingerprint density at radius 2 is 1.79 bits per heavy atom. The Morgan fingerprint density at radius 1 is 1.07 bits per heavy atom. The van der Waals surface area contributed by atoms with Gasteiger partial charge in [-0.3, -0.25) is 9.59 Å². The summed E-state index contributed by atoms with van der Waals surface area (Å²) in [4.78, 5) is 26.2. The van der Waals surface area contributed by atoms with Crippen LogP contribution in [0.2, 0.25) is 0 Å². The van der Waals surface area contributed by atoms with Crippen LogP contribution in [0, 0.1) is 23.6 Å². The fourth-order valence-electron chi connectivity index (χ4n) is 4.99. The molecule has 3 nitrogen and oxygen atoms in total. The van der Waals surface area contributed by atoms with Crippen LogP contribution >= 0.6 is 0 Å². The molecule has 1 saturated heterocycles. The van der Waals surface area contributed by atoms with Gasteiger partial charge in [-0.1, -0.05) is 55.5 Å². The van der Waals surface area contributed by atoms with Crippen molar-refractivity contribution in [2.45, 2.75) is 38.1 Å². The van der Waals surface area contributed by atoms with Gasteiger partial charge in [0.15, 0.2) is 5.78 Å². The van der Waals surface area contributed by atoms with E-state index in [-0.39, 0.29) is 35.4 Å². The molecule has 1 aliphatic carbocycles. The lowest BCUT2D eigenvalue weighted by molar-refractivity contribution is -0.138. The van der Waals surface area contributed by atoms with Crippen molar-refractivity contribution in [1.82, 2.24) is 5.32 Å². The quantitative estimate of drug-likeness (QED) is 0.604. The standard InChI is InChI=1S/C25H26FNO2/c1-16-11-13-21-19(15-16)23(18-8-3-2-4-9-18)24(25(29)27-21)22(28)14-12-17-7-5-6-10-20(17)26/h2-10,12,14,16,19,21,23-24H,11,13,15H2,1H3,(H,27,29)/b14-12+. The highest BCUT2D eigenvalue weighted by Crippen LogP contribution is 2.45. The normalized spacial score (nSPS) is 29.3. The number of amides is 1. The summed E-state index contributed by atoms with van der Waals surface area (Å²) in [5, 5.41) is 3.11. The molecule has 1 aliphatic heterocycles. The molecular formula is C25H26FNO2. The molecule has 2 fully saturated rings. The Balaban J connectivity index is 1.68. The average molecular weight is 391 g/mol. The second-order valence-corrected chi connectivity index (χ2v) is 8.37. The number of hydrogen-bond donors (Lipinski definition) is 1. The highest BCUT2D eigenvalue weighted by molar-refractivity contribution is 6.09. The molecule has 4 heteroatoms. The van der Waals surface area contributed by atoms with E-state index in [2.05, 4.69) is 12.2 Å². The van der Waals surface area contributed by atoms with E-state index in [1.165, 1.54) is 18.2 Å². The fraction of sp³-hybridized carbons (Fsp3) is 0.360. The van der Waals surface area contributed by atoms with Gasteiger partial charge in [0.25, 0.3) is 0 Å². The van der Waals surface area contributed by atoms with Crippen LogP contribution in [0.1, 0.15) is 43.2 Å². The molecule has 5 unspecified atom stereocenters. The molecule has 2 aromatic rings. The van der Waals surface area contributed by atoms with Crippen molar-refractivity contribution in [3.05, 3.63) is 77.6 Å². The third-order valence-electron chi connectivity index (χ3n) is 6.42. The highest BCUT2D eigenvalue weighted by atomic mass is 19.1. The molecule has 2 aromatic carbocycles. The van der Waals surface area contributed by atoms with Crippen molar-refractivity contribution in [2.75, 3.05) is 0 Å². The first-order valence-corrected chi connectivity index (χ1v) is 10.4. The smallest absolute Gasteiger partial charge is 0.231 e. The van der Waals surface area contributed by atoms with Crippen LogP contribution in [0.15, 0.2) is 60.7 Å². The SMILES string of the molecule is CC1CCC2NC(=O)C(C(=O)/C=C/c3ccccc3F)C(c3ccccc3)C2C1. The van der Waals surface area contributed by atoms with Crippen molar-refractivity contribution in [3.8, 4) is 0 Å². The molecule has 4 rings (SSSR count). The highest BCUT2D eigenvalue weighted by Gasteiger charge is 2.48. The van der Waals surface area contributed by atoms with Gasteiger partial charge in [0.05, 0.1) is 0 Å². The zero-order valence-corrected chi connectivity index (χ0v) is 16.6. The van der Waals surface area contributed by atoms with E-state index < -0.39 is 5.92 Å². The third kappa shape index (κ3) is 4.02. The molecule has 150 valence electrons. The van der Waals surface area contributed by atoms with Crippen molar-refractivity contribution < 1.29 is 14.0 Å². The summed E-state index contributed by atoms with van der Waals surface area (Å²) in [7, 11) is 0. The van der Waals surface area contributed by atoms with Crippen LogP contribution in [-0.2, 0) is 9.59 Å². The third-order valence-corrected chi connectivity index (χ3v) is 6.42. The van der Waals surface area contributed by atoms with Crippen molar-refractivity contribution >= 4 is 17.8 Å². The first kappa shape index (κ1) is 19.6. The van der Waals surface area contributed by atoms with E-state index in [1.807, 2.05) is 30.3 Å². The maximum absolute atomic E-state index is 13.9. The largest absolute Gasteiger partial charge is 0.352 e. The zero-order valence-electron chi connectivity index (χ0n) is 16.6. The number of halogens is 1. The van der Waals surface area contributed by atoms with Crippen molar-refractivity contribution in [3.63, 3.8) is 0 Å². The lowest BCUT2D eigenvalue weighted by atomic mass is 9.63. The topological polar surface area (TPSA) is 46.2 Å². The van der Waals surface area contributed by atoms with Gasteiger partial charge < -0.3 is 5.32 Å². The second kappa shape index (κ2) is 8.32. The molecule has 1 amide bonds. The predicted octanol–water partition coefficient (Wildman–Crippen LogP) is 4.74. The summed E-state index contributed by atoms with van der Waals surface area (Å²) in [6.07, 6.45) is 5.88. The van der Waals surface area contributed by atoms with Gasteiger partial charge in [-0.05, 0) is 54.9 Å². The number of carbonyl (C=O) groups excluding carboxylic acids is 2. The number of hydrogen-bond acceptors (Lipinski definition) is 2. The summed E-state index contributed by atoms with van der Waals surface area (Å²) in [6.45, 7) is 2.24. The lowest BCUT2D eigenvalue weighted by Crippen LogP contribution is -2.57. The van der Waals surface area contributed by atoms with Gasteiger partial charge in [-0.2, -0.15) is 0 Å². The van der Waals surface area contributed by atoms with Gasteiger partial charge in [0, 0.05) is 17.5 Å². The zero-order chi connectivity index (χ0) is 20.4. The monoisotopic (exact) mass is 391 g/mol.